The predicted octanol–water partition coefficient (Wildman–Crippen LogP) is 3.52. The van der Waals surface area contributed by atoms with Crippen LogP contribution in [0.15, 0.2) is 29.6 Å². The molecule has 0 saturated carbocycles. The molecule has 3 amide bonds. The van der Waals surface area contributed by atoms with Crippen LogP contribution in [0, 0.1) is 11.8 Å². The van der Waals surface area contributed by atoms with Crippen molar-refractivity contribution in [3.05, 3.63) is 46.5 Å². The Balaban J connectivity index is 1.32. The fourth-order valence-electron chi connectivity index (χ4n) is 4.50. The highest BCUT2D eigenvalue weighted by molar-refractivity contribution is 7.14. The van der Waals surface area contributed by atoms with Crippen molar-refractivity contribution in [1.29, 1.82) is 0 Å². The van der Waals surface area contributed by atoms with Gasteiger partial charge >= 0.3 is 0 Å². The lowest BCUT2D eigenvalue weighted by Gasteiger charge is -2.34. The van der Waals surface area contributed by atoms with Crippen molar-refractivity contribution in [2.75, 3.05) is 18.4 Å². The van der Waals surface area contributed by atoms with Gasteiger partial charge in [0.15, 0.2) is 5.13 Å². The summed E-state index contributed by atoms with van der Waals surface area (Å²) < 4.78 is 0. The van der Waals surface area contributed by atoms with Crippen LogP contribution in [0.1, 0.15) is 54.7 Å². The molecule has 1 aromatic carbocycles. The molecule has 2 aliphatic rings. The monoisotopic (exact) mass is 440 g/mol. The minimum Gasteiger partial charge on any atom is -0.298 e. The summed E-state index contributed by atoms with van der Waals surface area (Å²) in [6.45, 7) is 7.82. The molecule has 8 heteroatoms. The standard InChI is InChI=1S/C23H28N4O3S/c1-15-9-16(2)11-26(10-15)13-19-14-31-23(24-19)25-22(30)18-5-3-17(4-6-18)12-27-20(28)7-8-21(27)29/h3-6,14-16H,7-13H2,1-2H3,(H,24,25,30). The zero-order valence-electron chi connectivity index (χ0n) is 18.0. The second kappa shape index (κ2) is 9.28. The maximum absolute atomic E-state index is 12.6. The molecule has 31 heavy (non-hydrogen) atoms. The topological polar surface area (TPSA) is 82.6 Å². The summed E-state index contributed by atoms with van der Waals surface area (Å²) in [7, 11) is 0. The summed E-state index contributed by atoms with van der Waals surface area (Å²) in [5.74, 6) is 0.901. The number of nitrogens with one attached hydrogen (secondary N) is 1. The maximum Gasteiger partial charge on any atom is 0.257 e. The minimum absolute atomic E-state index is 0.139. The molecule has 0 radical (unpaired) electrons. The number of aromatic nitrogens is 1. The van der Waals surface area contributed by atoms with Crippen LogP contribution in [0.2, 0.25) is 0 Å². The van der Waals surface area contributed by atoms with Gasteiger partial charge in [-0.15, -0.1) is 11.3 Å². The third-order valence-electron chi connectivity index (χ3n) is 5.81. The number of hydrogen-bond acceptors (Lipinski definition) is 6. The first-order valence-corrected chi connectivity index (χ1v) is 11.7. The number of piperidine rings is 1. The summed E-state index contributed by atoms with van der Waals surface area (Å²) in [6, 6.07) is 6.97. The molecule has 2 atom stereocenters. The van der Waals surface area contributed by atoms with Crippen molar-refractivity contribution in [3.63, 3.8) is 0 Å². The van der Waals surface area contributed by atoms with Crippen molar-refractivity contribution in [2.24, 2.45) is 11.8 Å². The van der Waals surface area contributed by atoms with Crippen LogP contribution in [0.3, 0.4) is 0 Å². The van der Waals surface area contributed by atoms with Crippen LogP contribution in [0.25, 0.3) is 0 Å². The lowest BCUT2D eigenvalue weighted by molar-refractivity contribution is -0.139. The van der Waals surface area contributed by atoms with Crippen LogP contribution < -0.4 is 5.32 Å². The van der Waals surface area contributed by atoms with Gasteiger partial charge in [-0.2, -0.15) is 0 Å². The number of likely N-dealkylation sites (tertiary alicyclic amines) is 2. The van der Waals surface area contributed by atoms with Gasteiger partial charge in [0.2, 0.25) is 11.8 Å². The van der Waals surface area contributed by atoms with Crippen LogP contribution >= 0.6 is 11.3 Å². The second-order valence-electron chi connectivity index (χ2n) is 8.81. The Hall–Kier alpha value is -2.58. The average Bonchev–Trinajstić information content (AvgIpc) is 3.28. The fraction of sp³-hybridized carbons (Fsp3) is 0.478. The maximum atomic E-state index is 12.6. The lowest BCUT2D eigenvalue weighted by atomic mass is 9.92. The molecule has 2 unspecified atom stereocenters. The largest absolute Gasteiger partial charge is 0.298 e. The molecule has 4 rings (SSSR count). The normalized spacial score (nSPS) is 22.2. The Labute approximate surface area is 186 Å². The van der Waals surface area contributed by atoms with E-state index >= 15 is 0 Å². The first-order chi connectivity index (χ1) is 14.9. The zero-order chi connectivity index (χ0) is 22.0. The quantitative estimate of drug-likeness (QED) is 0.695. The highest BCUT2D eigenvalue weighted by atomic mass is 32.1. The number of carbonyl (C=O) groups excluding carboxylic acids is 3. The Morgan fingerprint density at radius 2 is 1.71 bits per heavy atom. The number of rotatable bonds is 6. The van der Waals surface area contributed by atoms with Crippen molar-refractivity contribution in [1.82, 2.24) is 14.8 Å². The van der Waals surface area contributed by atoms with E-state index in [9.17, 15) is 14.4 Å². The van der Waals surface area contributed by atoms with E-state index in [2.05, 4.69) is 29.0 Å². The SMILES string of the molecule is CC1CC(C)CN(Cc2csc(NC(=O)c3ccc(CN4C(=O)CCC4=O)cc3)n2)C1. The van der Waals surface area contributed by atoms with E-state index in [1.807, 2.05) is 5.38 Å². The van der Waals surface area contributed by atoms with Crippen molar-refractivity contribution >= 4 is 34.2 Å². The van der Waals surface area contributed by atoms with Crippen molar-refractivity contribution in [2.45, 2.75) is 46.2 Å². The third kappa shape index (κ3) is 5.37. The molecule has 2 aromatic rings. The summed E-state index contributed by atoms with van der Waals surface area (Å²) in [6.07, 6.45) is 1.84. The highest BCUT2D eigenvalue weighted by Gasteiger charge is 2.28. The Kier molecular flexibility index (Phi) is 6.48. The molecule has 2 saturated heterocycles. The molecule has 0 bridgehead atoms. The van der Waals surface area contributed by atoms with Gasteiger partial charge in [0.05, 0.1) is 12.2 Å². The smallest absolute Gasteiger partial charge is 0.257 e. The third-order valence-corrected chi connectivity index (χ3v) is 6.62. The molecular weight excluding hydrogens is 412 g/mol. The van der Waals surface area contributed by atoms with Gasteiger partial charge in [-0.3, -0.25) is 29.5 Å². The van der Waals surface area contributed by atoms with Gasteiger partial charge in [0.25, 0.3) is 5.91 Å². The van der Waals surface area contributed by atoms with Gasteiger partial charge in [0.1, 0.15) is 0 Å². The summed E-state index contributed by atoms with van der Waals surface area (Å²) in [4.78, 5) is 44.4. The Bertz CT molecular complexity index is 945. The van der Waals surface area contributed by atoms with Gasteiger partial charge in [0, 0.05) is 43.4 Å². The molecule has 2 aliphatic heterocycles. The second-order valence-corrected chi connectivity index (χ2v) is 9.67. The van der Waals surface area contributed by atoms with Crippen LogP contribution in [0.5, 0.6) is 0 Å². The van der Waals surface area contributed by atoms with Gasteiger partial charge in [-0.1, -0.05) is 26.0 Å². The molecule has 3 heterocycles. The first kappa shape index (κ1) is 21.6. The number of thiazole rings is 1. The van der Waals surface area contributed by atoms with E-state index in [1.54, 1.807) is 24.3 Å². The number of imide groups is 1. The first-order valence-electron chi connectivity index (χ1n) is 10.8. The van der Waals surface area contributed by atoms with E-state index in [4.69, 9.17) is 0 Å². The summed E-state index contributed by atoms with van der Waals surface area (Å²) >= 11 is 1.44. The van der Waals surface area contributed by atoms with E-state index in [0.717, 1.165) is 30.9 Å². The zero-order valence-corrected chi connectivity index (χ0v) is 18.8. The molecule has 0 aliphatic carbocycles. The van der Waals surface area contributed by atoms with E-state index in [0.29, 0.717) is 22.5 Å². The fourth-order valence-corrected chi connectivity index (χ4v) is 5.20. The molecular formula is C23H28N4O3S. The van der Waals surface area contributed by atoms with Crippen LogP contribution in [0.4, 0.5) is 5.13 Å². The average molecular weight is 441 g/mol. The molecule has 0 spiro atoms. The van der Waals surface area contributed by atoms with Gasteiger partial charge in [-0.05, 0) is 36.0 Å². The summed E-state index contributed by atoms with van der Waals surface area (Å²) in [5.41, 5.74) is 2.32. The number of benzene rings is 1. The van der Waals surface area contributed by atoms with E-state index in [-0.39, 0.29) is 37.1 Å². The lowest BCUT2D eigenvalue weighted by Crippen LogP contribution is -2.38. The molecule has 1 aromatic heterocycles. The van der Waals surface area contributed by atoms with Crippen LogP contribution in [-0.4, -0.2) is 45.6 Å². The number of carbonyl (C=O) groups is 3. The Morgan fingerprint density at radius 3 is 2.35 bits per heavy atom. The van der Waals surface area contributed by atoms with E-state index in [1.165, 1.54) is 22.7 Å². The molecule has 7 nitrogen and oxygen atoms in total. The number of amides is 3. The number of anilines is 1. The predicted molar refractivity (Wildman–Crippen MR) is 120 cm³/mol. The highest BCUT2D eigenvalue weighted by Crippen LogP contribution is 2.24. The summed E-state index contributed by atoms with van der Waals surface area (Å²) in [5, 5.41) is 5.47. The van der Waals surface area contributed by atoms with Gasteiger partial charge < -0.3 is 0 Å². The molecule has 1 N–H and O–H groups in total. The molecule has 164 valence electrons. The van der Waals surface area contributed by atoms with E-state index < -0.39 is 0 Å². The van der Waals surface area contributed by atoms with Gasteiger partial charge in [-0.25, -0.2) is 4.98 Å². The number of nitrogens with zero attached hydrogens (tertiary/aromatic N) is 3. The van der Waals surface area contributed by atoms with Crippen molar-refractivity contribution in [3.8, 4) is 0 Å². The minimum atomic E-state index is -0.221. The number of hydrogen-bond donors (Lipinski definition) is 1. The van der Waals surface area contributed by atoms with Crippen molar-refractivity contribution < 1.29 is 14.4 Å². The Morgan fingerprint density at radius 1 is 1.06 bits per heavy atom. The molecule has 2 fully saturated rings. The van der Waals surface area contributed by atoms with Crippen LogP contribution in [-0.2, 0) is 22.7 Å².